The van der Waals surface area contributed by atoms with E-state index < -0.39 is 22.9 Å². The monoisotopic (exact) mass is 485 g/mol. The van der Waals surface area contributed by atoms with E-state index in [-0.39, 0.29) is 29.3 Å². The van der Waals surface area contributed by atoms with Crippen molar-refractivity contribution in [1.82, 2.24) is 24.4 Å². The van der Waals surface area contributed by atoms with Gasteiger partial charge in [-0.3, -0.25) is 19.0 Å². The molecule has 35 heavy (non-hydrogen) atoms. The number of aromatic hydroxyl groups is 1. The predicted octanol–water partition coefficient (Wildman–Crippen LogP) is 1.77. The highest BCUT2D eigenvalue weighted by Gasteiger charge is 2.32. The minimum absolute atomic E-state index is 0.0335. The molecule has 0 spiro atoms. The first kappa shape index (κ1) is 25.0. The van der Waals surface area contributed by atoms with Crippen LogP contribution in [0, 0.1) is 11.8 Å². The van der Waals surface area contributed by atoms with E-state index in [0.717, 1.165) is 30.2 Å². The van der Waals surface area contributed by atoms with Crippen LogP contribution in [-0.2, 0) is 11.3 Å². The summed E-state index contributed by atoms with van der Waals surface area (Å²) in [6, 6.07) is 0.0335. The van der Waals surface area contributed by atoms with Crippen molar-refractivity contribution >= 4 is 23.5 Å². The molecule has 2 amide bonds. The number of aromatic nitrogens is 3. The number of aliphatic hydroxyl groups is 1. The van der Waals surface area contributed by atoms with Crippen molar-refractivity contribution in [3.8, 4) is 5.88 Å². The summed E-state index contributed by atoms with van der Waals surface area (Å²) >= 11 is 0. The second kappa shape index (κ2) is 9.49. The molecule has 10 nitrogen and oxygen atoms in total. The minimum Gasteiger partial charge on any atom is -0.494 e. The first-order valence-electron chi connectivity index (χ1n) is 12.3. The predicted molar refractivity (Wildman–Crippen MR) is 131 cm³/mol. The molecule has 3 N–H and O–H groups in total. The maximum absolute atomic E-state index is 13.1. The fraction of sp³-hybridized carbons (Fsp3) is 0.600. The molecule has 0 atom stereocenters. The van der Waals surface area contributed by atoms with Gasteiger partial charge < -0.3 is 20.4 Å². The van der Waals surface area contributed by atoms with E-state index in [4.69, 9.17) is 0 Å². The standard InChI is InChI=1S/C25H35N5O5/c1-15(2)14-29-22-16(5-8-19(31)28-11-9-17(10-12-28)25(3,4)35)13-26-30(22)24(34)20(23(29)33)21(32)27-18-6-7-18/h5,8,13,15,17-18,33,35H,6-7,9-12,14H2,1-4H3,(H,27,32). The summed E-state index contributed by atoms with van der Waals surface area (Å²) in [4.78, 5) is 40.3. The number of hydrogen-bond donors (Lipinski definition) is 3. The summed E-state index contributed by atoms with van der Waals surface area (Å²) in [6.45, 7) is 9.00. The van der Waals surface area contributed by atoms with Crippen LogP contribution < -0.4 is 10.9 Å². The summed E-state index contributed by atoms with van der Waals surface area (Å²) in [5, 5.41) is 28.1. The molecule has 2 aromatic rings. The lowest BCUT2D eigenvalue weighted by atomic mass is 9.83. The molecule has 0 unspecified atom stereocenters. The Morgan fingerprint density at radius 2 is 1.89 bits per heavy atom. The Balaban J connectivity index is 1.63. The largest absolute Gasteiger partial charge is 0.494 e. The van der Waals surface area contributed by atoms with Gasteiger partial charge in [0.1, 0.15) is 5.65 Å². The number of piperidine rings is 1. The first-order valence-corrected chi connectivity index (χ1v) is 12.3. The SMILES string of the molecule is CC(C)Cn1c(O)c(C(=O)NC2CC2)c(=O)n2ncc(C=CC(=O)N3CCC(C(C)(C)O)CC3)c12. The number of amides is 2. The molecule has 0 bridgehead atoms. The Bertz CT molecular complexity index is 1210. The number of rotatable bonds is 7. The average Bonchev–Trinajstić information content (AvgIpc) is 3.49. The van der Waals surface area contributed by atoms with Gasteiger partial charge in [-0.2, -0.15) is 9.61 Å². The Labute approximate surface area is 204 Å². The summed E-state index contributed by atoms with van der Waals surface area (Å²) in [5.74, 6) is -0.913. The highest BCUT2D eigenvalue weighted by molar-refractivity contribution is 5.97. The fourth-order valence-corrected chi connectivity index (χ4v) is 4.62. The third-order valence-corrected chi connectivity index (χ3v) is 6.81. The van der Waals surface area contributed by atoms with Gasteiger partial charge in [0.05, 0.1) is 11.8 Å². The summed E-state index contributed by atoms with van der Waals surface area (Å²) in [5.41, 5.74) is -0.968. The van der Waals surface area contributed by atoms with Crippen LogP contribution >= 0.6 is 0 Å². The van der Waals surface area contributed by atoms with Crippen molar-refractivity contribution in [3.63, 3.8) is 0 Å². The van der Waals surface area contributed by atoms with Crippen LogP contribution in [0.2, 0.25) is 0 Å². The molecule has 2 aliphatic rings. The van der Waals surface area contributed by atoms with E-state index in [0.29, 0.717) is 30.8 Å². The first-order chi connectivity index (χ1) is 16.5. The fourth-order valence-electron chi connectivity index (χ4n) is 4.62. The number of likely N-dealkylation sites (tertiary alicyclic amines) is 1. The van der Waals surface area contributed by atoms with Crippen LogP contribution in [0.3, 0.4) is 0 Å². The zero-order valence-corrected chi connectivity index (χ0v) is 20.8. The second-order valence-electron chi connectivity index (χ2n) is 10.7. The summed E-state index contributed by atoms with van der Waals surface area (Å²) < 4.78 is 2.63. The molecule has 1 aliphatic carbocycles. The van der Waals surface area contributed by atoms with Crippen LogP contribution in [0.1, 0.15) is 69.3 Å². The number of carbonyl (C=O) groups excluding carboxylic acids is 2. The molecule has 10 heteroatoms. The average molecular weight is 486 g/mol. The molecule has 0 aromatic carbocycles. The van der Waals surface area contributed by atoms with Crippen molar-refractivity contribution in [2.75, 3.05) is 13.1 Å². The van der Waals surface area contributed by atoms with E-state index in [1.807, 2.05) is 13.8 Å². The van der Waals surface area contributed by atoms with Crippen LogP contribution in [0.15, 0.2) is 17.1 Å². The van der Waals surface area contributed by atoms with Crippen LogP contribution in [0.25, 0.3) is 11.7 Å². The van der Waals surface area contributed by atoms with Crippen molar-refractivity contribution in [2.45, 2.75) is 71.6 Å². The molecular weight excluding hydrogens is 450 g/mol. The summed E-state index contributed by atoms with van der Waals surface area (Å²) in [6.07, 6.45) is 7.66. The minimum atomic E-state index is -0.765. The number of hydrogen-bond acceptors (Lipinski definition) is 6. The third kappa shape index (κ3) is 5.27. The Morgan fingerprint density at radius 3 is 2.46 bits per heavy atom. The zero-order valence-electron chi connectivity index (χ0n) is 20.8. The van der Waals surface area contributed by atoms with Gasteiger partial charge in [-0.05, 0) is 57.4 Å². The van der Waals surface area contributed by atoms with Gasteiger partial charge in [-0.25, -0.2) is 0 Å². The van der Waals surface area contributed by atoms with Crippen LogP contribution in [0.4, 0.5) is 0 Å². The quantitative estimate of drug-likeness (QED) is 0.513. The van der Waals surface area contributed by atoms with E-state index in [1.54, 1.807) is 24.8 Å². The Hall–Kier alpha value is -3.14. The number of nitrogens with zero attached hydrogens (tertiary/aromatic N) is 4. The molecule has 1 saturated carbocycles. The van der Waals surface area contributed by atoms with Crippen molar-refractivity contribution < 1.29 is 19.8 Å². The van der Waals surface area contributed by atoms with Crippen molar-refractivity contribution in [1.29, 1.82) is 0 Å². The lowest BCUT2D eigenvalue weighted by molar-refractivity contribution is -0.128. The Morgan fingerprint density at radius 1 is 1.23 bits per heavy atom. The number of carbonyl (C=O) groups is 2. The lowest BCUT2D eigenvalue weighted by Crippen LogP contribution is -2.43. The van der Waals surface area contributed by atoms with Crippen molar-refractivity contribution in [3.05, 3.63) is 33.8 Å². The number of nitrogens with one attached hydrogen (secondary N) is 1. The molecule has 2 fully saturated rings. The van der Waals surface area contributed by atoms with Gasteiger partial charge in [-0.1, -0.05) is 13.8 Å². The molecular formula is C25H35N5O5. The molecule has 1 saturated heterocycles. The maximum atomic E-state index is 13.1. The van der Waals surface area contributed by atoms with E-state index in [2.05, 4.69) is 10.4 Å². The van der Waals surface area contributed by atoms with Gasteiger partial charge in [0.25, 0.3) is 11.5 Å². The third-order valence-electron chi connectivity index (χ3n) is 6.81. The highest BCUT2D eigenvalue weighted by atomic mass is 16.3. The van der Waals surface area contributed by atoms with E-state index >= 15 is 0 Å². The van der Waals surface area contributed by atoms with Gasteiger partial charge >= 0.3 is 0 Å². The lowest BCUT2D eigenvalue weighted by Gasteiger charge is -2.37. The molecule has 190 valence electrons. The molecule has 1 aliphatic heterocycles. The van der Waals surface area contributed by atoms with Gasteiger partial charge in [0.15, 0.2) is 5.56 Å². The molecule has 0 radical (unpaired) electrons. The second-order valence-corrected chi connectivity index (χ2v) is 10.7. The molecule has 2 aromatic heterocycles. The van der Waals surface area contributed by atoms with Crippen LogP contribution in [-0.4, -0.2) is 65.8 Å². The molecule has 4 rings (SSSR count). The van der Waals surface area contributed by atoms with Crippen molar-refractivity contribution in [2.24, 2.45) is 11.8 Å². The zero-order chi connectivity index (χ0) is 25.5. The Kier molecular flexibility index (Phi) is 6.77. The van der Waals surface area contributed by atoms with Gasteiger partial charge in [0.2, 0.25) is 11.8 Å². The van der Waals surface area contributed by atoms with Gasteiger partial charge in [-0.15, -0.1) is 0 Å². The number of fused-ring (bicyclic) bond motifs is 1. The van der Waals surface area contributed by atoms with E-state index in [1.165, 1.54) is 16.8 Å². The maximum Gasteiger partial charge on any atom is 0.291 e. The topological polar surface area (TPSA) is 129 Å². The normalized spacial score (nSPS) is 17.6. The van der Waals surface area contributed by atoms with Crippen LogP contribution in [0.5, 0.6) is 5.88 Å². The smallest absolute Gasteiger partial charge is 0.291 e. The van der Waals surface area contributed by atoms with E-state index in [9.17, 15) is 24.6 Å². The summed E-state index contributed by atoms with van der Waals surface area (Å²) in [7, 11) is 0. The highest BCUT2D eigenvalue weighted by Crippen LogP contribution is 2.28. The molecule has 3 heterocycles. The van der Waals surface area contributed by atoms with Gasteiger partial charge in [0, 0.05) is 37.3 Å².